The lowest BCUT2D eigenvalue weighted by molar-refractivity contribution is 0.0995. The molecule has 0 saturated carbocycles. The van der Waals surface area contributed by atoms with E-state index in [4.69, 9.17) is 10.5 Å². The number of amides is 2. The van der Waals surface area contributed by atoms with Crippen LogP contribution in [0.25, 0.3) is 11.0 Å². The molecule has 3 N–H and O–H groups in total. The van der Waals surface area contributed by atoms with Gasteiger partial charge in [-0.25, -0.2) is 4.98 Å². The van der Waals surface area contributed by atoms with Crippen LogP contribution in [0.3, 0.4) is 0 Å². The molecule has 0 bridgehead atoms. The number of imidazole rings is 1. The Morgan fingerprint density at radius 2 is 1.97 bits per heavy atom. The molecule has 2 amide bonds. The molecule has 9 heteroatoms. The molecule has 0 radical (unpaired) electrons. The third-order valence-corrected chi connectivity index (χ3v) is 4.71. The van der Waals surface area contributed by atoms with Gasteiger partial charge in [-0.2, -0.15) is 5.10 Å². The van der Waals surface area contributed by atoms with E-state index in [-0.39, 0.29) is 5.91 Å². The van der Waals surface area contributed by atoms with Crippen LogP contribution >= 0.6 is 0 Å². The molecule has 29 heavy (non-hydrogen) atoms. The number of aryl methyl sites for hydroxylation is 3. The number of benzene rings is 1. The van der Waals surface area contributed by atoms with Gasteiger partial charge < -0.3 is 15.0 Å². The quantitative estimate of drug-likeness (QED) is 0.605. The van der Waals surface area contributed by atoms with E-state index in [0.29, 0.717) is 47.1 Å². The van der Waals surface area contributed by atoms with Crippen molar-refractivity contribution < 1.29 is 14.3 Å². The molecule has 3 rings (SSSR count). The second kappa shape index (κ2) is 8.34. The number of nitrogens with one attached hydrogen (secondary N) is 1. The first kappa shape index (κ1) is 20.4. The Morgan fingerprint density at radius 1 is 1.21 bits per heavy atom. The summed E-state index contributed by atoms with van der Waals surface area (Å²) in [5.74, 6) is -0.00106. The number of nitrogens with zero attached hydrogens (tertiary/aromatic N) is 4. The molecule has 0 atom stereocenters. The minimum Gasteiger partial charge on any atom is -0.494 e. The van der Waals surface area contributed by atoms with Gasteiger partial charge in [-0.05, 0) is 38.0 Å². The van der Waals surface area contributed by atoms with Gasteiger partial charge in [-0.15, -0.1) is 0 Å². The number of methoxy groups -OCH3 is 1. The van der Waals surface area contributed by atoms with Gasteiger partial charge in [0.1, 0.15) is 17.0 Å². The average Bonchev–Trinajstić information content (AvgIpc) is 3.29. The van der Waals surface area contributed by atoms with E-state index in [9.17, 15) is 9.59 Å². The van der Waals surface area contributed by atoms with Crippen LogP contribution < -0.4 is 15.8 Å². The predicted molar refractivity (Wildman–Crippen MR) is 110 cm³/mol. The first-order valence-electron chi connectivity index (χ1n) is 9.69. The summed E-state index contributed by atoms with van der Waals surface area (Å²) >= 11 is 0. The Labute approximate surface area is 168 Å². The number of hydrogen-bond acceptors (Lipinski definition) is 5. The van der Waals surface area contributed by atoms with Crippen LogP contribution in [0.15, 0.2) is 18.2 Å². The molecule has 0 aliphatic rings. The number of carbonyl (C=O) groups is 2. The zero-order chi connectivity index (χ0) is 21.1. The second-order valence-corrected chi connectivity index (χ2v) is 6.64. The third-order valence-electron chi connectivity index (χ3n) is 4.71. The Bertz CT molecular complexity index is 1070. The van der Waals surface area contributed by atoms with Crippen molar-refractivity contribution in [2.75, 3.05) is 12.4 Å². The minimum atomic E-state index is -0.570. The molecule has 3 aromatic rings. The summed E-state index contributed by atoms with van der Waals surface area (Å²) in [5.41, 5.74) is 8.28. The van der Waals surface area contributed by atoms with Crippen LogP contribution in [0.1, 0.15) is 53.7 Å². The van der Waals surface area contributed by atoms with Crippen molar-refractivity contribution in [1.82, 2.24) is 19.3 Å². The number of hydrogen-bond donors (Lipinski definition) is 2. The van der Waals surface area contributed by atoms with Crippen LogP contribution in [0.5, 0.6) is 5.75 Å². The summed E-state index contributed by atoms with van der Waals surface area (Å²) in [5, 5.41) is 7.32. The van der Waals surface area contributed by atoms with Crippen LogP contribution in [0.4, 0.5) is 5.95 Å². The van der Waals surface area contributed by atoms with Crippen molar-refractivity contribution in [1.29, 1.82) is 0 Å². The highest BCUT2D eigenvalue weighted by molar-refractivity contribution is 6.04. The van der Waals surface area contributed by atoms with Crippen molar-refractivity contribution in [2.45, 2.75) is 46.7 Å². The van der Waals surface area contributed by atoms with Gasteiger partial charge in [0.25, 0.3) is 5.91 Å². The van der Waals surface area contributed by atoms with Crippen molar-refractivity contribution in [3.8, 4) is 5.75 Å². The van der Waals surface area contributed by atoms with Crippen LogP contribution in [-0.4, -0.2) is 38.3 Å². The Hall–Kier alpha value is -3.36. The molecule has 0 saturated heterocycles. The van der Waals surface area contributed by atoms with E-state index in [1.165, 1.54) is 7.11 Å². The lowest BCUT2D eigenvalue weighted by atomic mass is 10.1. The first-order chi connectivity index (χ1) is 13.9. The molecule has 0 aliphatic carbocycles. The molecule has 0 unspecified atom stereocenters. The molecule has 0 aliphatic heterocycles. The van der Waals surface area contributed by atoms with E-state index >= 15 is 0 Å². The number of nitrogens with two attached hydrogens (primary N) is 1. The number of ether oxygens (including phenoxy) is 1. The fourth-order valence-electron chi connectivity index (χ4n) is 3.30. The van der Waals surface area contributed by atoms with E-state index in [2.05, 4.69) is 15.4 Å². The summed E-state index contributed by atoms with van der Waals surface area (Å²) in [6.45, 7) is 7.16. The Morgan fingerprint density at radius 3 is 2.55 bits per heavy atom. The molecule has 1 aromatic carbocycles. The van der Waals surface area contributed by atoms with Crippen molar-refractivity contribution >= 4 is 28.8 Å². The maximum atomic E-state index is 13.0. The molecule has 0 spiro atoms. The standard InChI is InChI=1S/C20H26N6O3/c1-5-8-25-17-14(9-12(18(21)27)10-16(17)29-4)22-20(25)23-19(28)15-11-13(6-2)24-26(15)7-3/h9-11H,5-8H2,1-4H3,(H2,21,27)(H,22,23,28). The molecular formula is C20H26N6O3. The van der Waals surface area contributed by atoms with E-state index in [1.54, 1.807) is 22.9 Å². The van der Waals surface area contributed by atoms with E-state index in [0.717, 1.165) is 18.5 Å². The highest BCUT2D eigenvalue weighted by Crippen LogP contribution is 2.31. The fourth-order valence-corrected chi connectivity index (χ4v) is 3.30. The predicted octanol–water partition coefficient (Wildman–Crippen LogP) is 2.58. The molecular weight excluding hydrogens is 372 g/mol. The molecule has 2 heterocycles. The number of aromatic nitrogens is 4. The van der Waals surface area contributed by atoms with E-state index in [1.807, 2.05) is 25.3 Å². The lowest BCUT2D eigenvalue weighted by Crippen LogP contribution is -2.20. The zero-order valence-electron chi connectivity index (χ0n) is 17.2. The second-order valence-electron chi connectivity index (χ2n) is 6.64. The van der Waals surface area contributed by atoms with Crippen molar-refractivity contribution in [2.24, 2.45) is 5.73 Å². The monoisotopic (exact) mass is 398 g/mol. The lowest BCUT2D eigenvalue weighted by Gasteiger charge is -2.11. The summed E-state index contributed by atoms with van der Waals surface area (Å²) in [4.78, 5) is 29.1. The molecule has 154 valence electrons. The molecule has 2 aromatic heterocycles. The number of primary amides is 1. The van der Waals surface area contributed by atoms with Crippen molar-refractivity contribution in [3.05, 3.63) is 35.2 Å². The smallest absolute Gasteiger partial charge is 0.276 e. The van der Waals surface area contributed by atoms with Crippen LogP contribution in [0, 0.1) is 0 Å². The minimum absolute atomic E-state index is 0.291. The van der Waals surface area contributed by atoms with Gasteiger partial charge in [-0.3, -0.25) is 19.6 Å². The average molecular weight is 398 g/mol. The van der Waals surface area contributed by atoms with Gasteiger partial charge >= 0.3 is 0 Å². The summed E-state index contributed by atoms with van der Waals surface area (Å²) in [7, 11) is 1.52. The van der Waals surface area contributed by atoms with Gasteiger partial charge in [0.2, 0.25) is 11.9 Å². The number of fused-ring (bicyclic) bond motifs is 1. The summed E-state index contributed by atoms with van der Waals surface area (Å²) in [6.07, 6.45) is 1.57. The topological polar surface area (TPSA) is 117 Å². The zero-order valence-corrected chi connectivity index (χ0v) is 17.2. The highest BCUT2D eigenvalue weighted by Gasteiger charge is 2.21. The largest absolute Gasteiger partial charge is 0.494 e. The van der Waals surface area contributed by atoms with Gasteiger partial charge in [0, 0.05) is 18.7 Å². The van der Waals surface area contributed by atoms with Gasteiger partial charge in [-0.1, -0.05) is 13.8 Å². The highest BCUT2D eigenvalue weighted by atomic mass is 16.5. The fraction of sp³-hybridized carbons (Fsp3) is 0.400. The Kier molecular flexibility index (Phi) is 5.86. The Balaban J connectivity index is 2.09. The maximum absolute atomic E-state index is 13.0. The van der Waals surface area contributed by atoms with Gasteiger partial charge in [0.15, 0.2) is 0 Å². The van der Waals surface area contributed by atoms with E-state index < -0.39 is 5.91 Å². The third kappa shape index (κ3) is 3.80. The summed E-state index contributed by atoms with van der Waals surface area (Å²) in [6, 6.07) is 4.98. The molecule has 0 fully saturated rings. The summed E-state index contributed by atoms with van der Waals surface area (Å²) < 4.78 is 9.02. The first-order valence-corrected chi connectivity index (χ1v) is 9.69. The van der Waals surface area contributed by atoms with Gasteiger partial charge in [0.05, 0.1) is 18.3 Å². The molecule has 9 nitrogen and oxygen atoms in total. The SMILES string of the molecule is CCCn1c(NC(=O)c2cc(CC)nn2CC)nc2cc(C(N)=O)cc(OC)c21. The van der Waals surface area contributed by atoms with Crippen molar-refractivity contribution in [3.63, 3.8) is 0 Å². The normalized spacial score (nSPS) is 11.0. The van der Waals surface area contributed by atoms with Crippen LogP contribution in [0.2, 0.25) is 0 Å². The van der Waals surface area contributed by atoms with Crippen LogP contribution in [-0.2, 0) is 19.5 Å². The number of anilines is 1. The number of rotatable bonds is 8. The maximum Gasteiger partial charge on any atom is 0.276 e. The number of carbonyl (C=O) groups excluding carboxylic acids is 2.